The van der Waals surface area contributed by atoms with Crippen LogP contribution in [0.2, 0.25) is 0 Å². The summed E-state index contributed by atoms with van der Waals surface area (Å²) >= 11 is -0.0467. The molecule has 0 spiro atoms. The Kier molecular flexibility index (Phi) is 5.40. The fourth-order valence-corrected chi connectivity index (χ4v) is 2.32. The lowest BCUT2D eigenvalue weighted by Gasteiger charge is -2.33. The van der Waals surface area contributed by atoms with Gasteiger partial charge in [0.1, 0.15) is 0 Å². The summed E-state index contributed by atoms with van der Waals surface area (Å²) < 4.78 is 40.6. The normalized spacial score (nSPS) is 21.0. The van der Waals surface area contributed by atoms with Gasteiger partial charge < -0.3 is 10.5 Å². The van der Waals surface area contributed by atoms with Crippen molar-refractivity contribution in [3.05, 3.63) is 0 Å². The van der Waals surface area contributed by atoms with Gasteiger partial charge in [0.15, 0.2) is 0 Å². The number of thioether (sulfide) groups is 1. The summed E-state index contributed by atoms with van der Waals surface area (Å²) in [5.74, 6) is -0.0560. The molecule has 16 heavy (non-hydrogen) atoms. The van der Waals surface area contributed by atoms with E-state index in [4.69, 9.17) is 10.5 Å². The first-order valence-electron chi connectivity index (χ1n) is 5.49. The molecule has 0 aromatic carbocycles. The van der Waals surface area contributed by atoms with Gasteiger partial charge in [0.2, 0.25) is 0 Å². The quantitative estimate of drug-likeness (QED) is 0.769. The second-order valence-corrected chi connectivity index (χ2v) is 5.43. The molecule has 0 amide bonds. The van der Waals surface area contributed by atoms with Crippen molar-refractivity contribution in [2.24, 2.45) is 5.73 Å². The Morgan fingerprint density at radius 2 is 1.81 bits per heavy atom. The van der Waals surface area contributed by atoms with Gasteiger partial charge in [-0.3, -0.25) is 0 Å². The summed E-state index contributed by atoms with van der Waals surface area (Å²) in [6.45, 7) is 0.495. The number of alkyl halides is 3. The fraction of sp³-hybridized carbons (Fsp3) is 1.00. The topological polar surface area (TPSA) is 35.2 Å². The zero-order valence-electron chi connectivity index (χ0n) is 9.18. The minimum absolute atomic E-state index is 0.0467. The third-order valence-corrected chi connectivity index (χ3v) is 3.43. The van der Waals surface area contributed by atoms with Crippen molar-refractivity contribution < 1.29 is 17.9 Å². The van der Waals surface area contributed by atoms with E-state index in [-0.39, 0.29) is 29.7 Å². The molecule has 0 saturated heterocycles. The van der Waals surface area contributed by atoms with Crippen molar-refractivity contribution in [2.45, 2.75) is 43.2 Å². The van der Waals surface area contributed by atoms with Crippen molar-refractivity contribution in [3.8, 4) is 0 Å². The fourth-order valence-electron chi connectivity index (χ4n) is 1.89. The molecule has 2 nitrogen and oxygen atoms in total. The standard InChI is InChI=1S/C10H18F3NOS/c11-10(12,13)16-7-6-15-8-9(14)4-2-1-3-5-9/h1-8,14H2. The minimum atomic E-state index is -4.16. The van der Waals surface area contributed by atoms with Crippen molar-refractivity contribution in [1.82, 2.24) is 0 Å². The van der Waals surface area contributed by atoms with E-state index >= 15 is 0 Å². The lowest BCUT2D eigenvalue weighted by atomic mass is 9.83. The first-order valence-corrected chi connectivity index (χ1v) is 6.47. The van der Waals surface area contributed by atoms with Crippen LogP contribution in [0.4, 0.5) is 13.2 Å². The molecule has 0 unspecified atom stereocenters. The Balaban J connectivity index is 2.06. The van der Waals surface area contributed by atoms with E-state index in [0.29, 0.717) is 6.61 Å². The van der Waals surface area contributed by atoms with Gasteiger partial charge in [-0.05, 0) is 24.6 Å². The highest BCUT2D eigenvalue weighted by atomic mass is 32.2. The highest BCUT2D eigenvalue weighted by Crippen LogP contribution is 2.30. The highest BCUT2D eigenvalue weighted by molar-refractivity contribution is 8.00. The van der Waals surface area contributed by atoms with Gasteiger partial charge in [-0.25, -0.2) is 0 Å². The van der Waals surface area contributed by atoms with Crippen LogP contribution < -0.4 is 5.73 Å². The van der Waals surface area contributed by atoms with Crippen molar-refractivity contribution in [1.29, 1.82) is 0 Å². The molecule has 1 fully saturated rings. The molecule has 0 atom stereocenters. The molecule has 1 rings (SSSR count). The number of hydrogen-bond acceptors (Lipinski definition) is 3. The van der Waals surface area contributed by atoms with Gasteiger partial charge in [0.05, 0.1) is 13.2 Å². The van der Waals surface area contributed by atoms with E-state index < -0.39 is 5.51 Å². The Labute approximate surface area is 98.1 Å². The molecule has 0 aliphatic heterocycles. The second-order valence-electron chi connectivity index (χ2n) is 4.27. The van der Waals surface area contributed by atoms with E-state index in [0.717, 1.165) is 25.7 Å². The molecular formula is C10H18F3NOS. The first-order chi connectivity index (χ1) is 7.41. The van der Waals surface area contributed by atoms with Crippen LogP contribution in [-0.2, 0) is 4.74 Å². The highest BCUT2D eigenvalue weighted by Gasteiger charge is 2.29. The maximum absolute atomic E-state index is 11.8. The summed E-state index contributed by atoms with van der Waals surface area (Å²) in [5.41, 5.74) is 1.61. The van der Waals surface area contributed by atoms with Crippen molar-refractivity contribution >= 4 is 11.8 Å². The van der Waals surface area contributed by atoms with Crippen molar-refractivity contribution in [3.63, 3.8) is 0 Å². The van der Waals surface area contributed by atoms with Crippen LogP contribution in [0, 0.1) is 0 Å². The van der Waals surface area contributed by atoms with E-state index in [2.05, 4.69) is 0 Å². The Morgan fingerprint density at radius 3 is 2.38 bits per heavy atom. The van der Waals surface area contributed by atoms with Crippen LogP contribution in [0.5, 0.6) is 0 Å². The maximum atomic E-state index is 11.8. The number of halogens is 3. The van der Waals surface area contributed by atoms with E-state index in [1.807, 2.05) is 0 Å². The molecule has 1 aliphatic carbocycles. The number of ether oxygens (including phenoxy) is 1. The summed E-state index contributed by atoms with van der Waals surface area (Å²) in [4.78, 5) is 0. The van der Waals surface area contributed by atoms with Crippen LogP contribution >= 0.6 is 11.8 Å². The van der Waals surface area contributed by atoms with E-state index in [1.54, 1.807) is 0 Å². The van der Waals surface area contributed by atoms with Crippen LogP contribution in [0.25, 0.3) is 0 Å². The Bertz CT molecular complexity index is 205. The molecule has 2 N–H and O–H groups in total. The average molecular weight is 257 g/mol. The molecule has 0 radical (unpaired) electrons. The average Bonchev–Trinajstić information content (AvgIpc) is 2.16. The molecule has 0 aromatic rings. The van der Waals surface area contributed by atoms with Gasteiger partial charge in [-0.2, -0.15) is 13.2 Å². The second kappa shape index (κ2) is 6.12. The van der Waals surface area contributed by atoms with Crippen LogP contribution in [0.1, 0.15) is 32.1 Å². The summed E-state index contributed by atoms with van der Waals surface area (Å²) in [5, 5.41) is 0. The first kappa shape index (κ1) is 14.1. The largest absolute Gasteiger partial charge is 0.441 e. The Morgan fingerprint density at radius 1 is 1.19 bits per heavy atom. The SMILES string of the molecule is NC1(COCCSC(F)(F)F)CCCCC1. The molecule has 1 aliphatic rings. The predicted octanol–water partition coefficient (Wildman–Crippen LogP) is 2.92. The molecule has 0 heterocycles. The minimum Gasteiger partial charge on any atom is -0.379 e. The third kappa shape index (κ3) is 5.96. The number of hydrogen-bond donors (Lipinski definition) is 1. The van der Waals surface area contributed by atoms with Gasteiger partial charge in [0, 0.05) is 11.3 Å². The van der Waals surface area contributed by atoms with E-state index in [9.17, 15) is 13.2 Å². The molecular weight excluding hydrogens is 239 g/mol. The summed E-state index contributed by atoms with van der Waals surface area (Å²) in [7, 11) is 0. The molecule has 6 heteroatoms. The monoisotopic (exact) mass is 257 g/mol. The Hall–Kier alpha value is 0.0600. The lowest BCUT2D eigenvalue weighted by Crippen LogP contribution is -2.46. The van der Waals surface area contributed by atoms with Gasteiger partial charge >= 0.3 is 5.51 Å². The zero-order valence-corrected chi connectivity index (χ0v) is 10.0. The molecule has 0 bridgehead atoms. The zero-order chi connectivity index (χ0) is 12.1. The van der Waals surface area contributed by atoms with Crippen LogP contribution in [0.15, 0.2) is 0 Å². The summed E-state index contributed by atoms with van der Waals surface area (Å²) in [6, 6.07) is 0. The lowest BCUT2D eigenvalue weighted by molar-refractivity contribution is -0.0332. The van der Waals surface area contributed by atoms with Crippen molar-refractivity contribution in [2.75, 3.05) is 19.0 Å². The third-order valence-electron chi connectivity index (χ3n) is 2.73. The number of nitrogens with two attached hydrogens (primary N) is 1. The maximum Gasteiger partial charge on any atom is 0.441 e. The molecule has 0 aromatic heterocycles. The van der Waals surface area contributed by atoms with Gasteiger partial charge in [0.25, 0.3) is 0 Å². The number of rotatable bonds is 5. The van der Waals surface area contributed by atoms with E-state index in [1.165, 1.54) is 6.42 Å². The van der Waals surface area contributed by atoms with Gasteiger partial charge in [-0.15, -0.1) is 0 Å². The van der Waals surface area contributed by atoms with Crippen LogP contribution in [-0.4, -0.2) is 30.0 Å². The predicted molar refractivity (Wildman–Crippen MR) is 59.3 cm³/mol. The smallest absolute Gasteiger partial charge is 0.379 e. The van der Waals surface area contributed by atoms with Gasteiger partial charge in [-0.1, -0.05) is 19.3 Å². The molecule has 1 saturated carbocycles. The van der Waals surface area contributed by atoms with Crippen LogP contribution in [0.3, 0.4) is 0 Å². The summed E-state index contributed by atoms with van der Waals surface area (Å²) in [6.07, 6.45) is 5.22. The molecule has 96 valence electrons.